The van der Waals surface area contributed by atoms with Gasteiger partial charge < -0.3 is 4.74 Å². The van der Waals surface area contributed by atoms with E-state index in [1.807, 2.05) is 11.4 Å². The van der Waals surface area contributed by atoms with Crippen molar-refractivity contribution in [2.24, 2.45) is 4.99 Å². The van der Waals surface area contributed by atoms with E-state index in [1.165, 1.54) is 23.5 Å². The Morgan fingerprint density at radius 1 is 1.35 bits per heavy atom. The normalized spacial score (nSPS) is 16.4. The van der Waals surface area contributed by atoms with E-state index < -0.39 is 11.8 Å². The van der Waals surface area contributed by atoms with E-state index in [9.17, 15) is 9.18 Å². The molecule has 0 spiro atoms. The van der Waals surface area contributed by atoms with Crippen LogP contribution in [-0.2, 0) is 9.53 Å². The third kappa shape index (κ3) is 2.57. The van der Waals surface area contributed by atoms with E-state index >= 15 is 0 Å². The summed E-state index contributed by atoms with van der Waals surface area (Å²) in [6.45, 7) is 0. The van der Waals surface area contributed by atoms with Gasteiger partial charge in [0.2, 0.25) is 5.90 Å². The Bertz CT molecular complexity index is 751. The van der Waals surface area contributed by atoms with Gasteiger partial charge in [0.1, 0.15) is 5.82 Å². The molecular weight excluding hydrogens is 345 g/mol. The number of rotatable bonds is 2. The second-order valence-corrected chi connectivity index (χ2v) is 5.84. The van der Waals surface area contributed by atoms with Crippen LogP contribution in [0.5, 0.6) is 0 Å². The van der Waals surface area contributed by atoms with Crippen LogP contribution in [-0.4, -0.2) is 11.9 Å². The van der Waals surface area contributed by atoms with Crippen molar-refractivity contribution in [2.75, 3.05) is 0 Å². The molecule has 0 saturated carbocycles. The van der Waals surface area contributed by atoms with Crippen LogP contribution >= 0.6 is 27.3 Å². The van der Waals surface area contributed by atoms with Gasteiger partial charge in [0, 0.05) is 14.7 Å². The number of cyclic esters (lactones) is 1. The van der Waals surface area contributed by atoms with Crippen molar-refractivity contribution < 1.29 is 13.9 Å². The Balaban J connectivity index is 1.97. The first-order chi connectivity index (χ1) is 9.63. The molecule has 1 aromatic carbocycles. The van der Waals surface area contributed by atoms with Crippen molar-refractivity contribution in [2.45, 2.75) is 0 Å². The molecule has 6 heteroatoms. The predicted octanol–water partition coefficient (Wildman–Crippen LogP) is 3.99. The molecule has 0 amide bonds. The summed E-state index contributed by atoms with van der Waals surface area (Å²) in [6.07, 6.45) is 1.62. The maximum absolute atomic E-state index is 13.6. The first-order valence-corrected chi connectivity index (χ1v) is 7.32. The molecule has 100 valence electrons. The fraction of sp³-hybridized carbons (Fsp3) is 0. The summed E-state index contributed by atoms with van der Waals surface area (Å²) in [5.74, 6) is -1.05. The Morgan fingerprint density at radius 2 is 2.15 bits per heavy atom. The van der Waals surface area contributed by atoms with Gasteiger partial charge in [-0.1, -0.05) is 12.1 Å². The molecular formula is C14H7BrFNO2S. The Labute approximate surface area is 126 Å². The molecule has 0 radical (unpaired) electrons. The number of carbonyl (C=O) groups is 1. The average molecular weight is 352 g/mol. The summed E-state index contributed by atoms with van der Waals surface area (Å²) in [5.41, 5.74) is 0.342. The van der Waals surface area contributed by atoms with Crippen LogP contribution in [0.3, 0.4) is 0 Å². The summed E-state index contributed by atoms with van der Waals surface area (Å²) in [7, 11) is 0. The van der Waals surface area contributed by atoms with Crippen LogP contribution in [0.1, 0.15) is 10.4 Å². The Kier molecular flexibility index (Phi) is 3.50. The molecule has 0 fully saturated rings. The Hall–Kier alpha value is -1.79. The van der Waals surface area contributed by atoms with Gasteiger partial charge in [-0.3, -0.25) is 0 Å². The van der Waals surface area contributed by atoms with Crippen LogP contribution in [0.4, 0.5) is 4.39 Å². The van der Waals surface area contributed by atoms with Crippen LogP contribution in [0.2, 0.25) is 0 Å². The lowest BCUT2D eigenvalue weighted by molar-refractivity contribution is -0.129. The highest BCUT2D eigenvalue weighted by atomic mass is 79.9. The number of esters is 1. The van der Waals surface area contributed by atoms with Crippen LogP contribution in [0, 0.1) is 5.82 Å². The van der Waals surface area contributed by atoms with Gasteiger partial charge in [-0.25, -0.2) is 14.2 Å². The van der Waals surface area contributed by atoms with E-state index in [2.05, 4.69) is 20.9 Å². The molecule has 20 heavy (non-hydrogen) atoms. The lowest BCUT2D eigenvalue weighted by Crippen LogP contribution is -2.07. The predicted molar refractivity (Wildman–Crippen MR) is 79.0 cm³/mol. The lowest BCUT2D eigenvalue weighted by Gasteiger charge is -1.99. The molecule has 2 heterocycles. The Morgan fingerprint density at radius 3 is 2.85 bits per heavy atom. The van der Waals surface area contributed by atoms with Crippen molar-refractivity contribution in [1.82, 2.24) is 0 Å². The van der Waals surface area contributed by atoms with Crippen LogP contribution in [0.15, 0.2) is 50.9 Å². The van der Waals surface area contributed by atoms with Crippen LogP contribution in [0.25, 0.3) is 6.08 Å². The fourth-order valence-corrected chi connectivity index (χ4v) is 3.07. The fourth-order valence-electron chi connectivity index (χ4n) is 1.70. The molecule has 3 rings (SSSR count). The first-order valence-electron chi connectivity index (χ1n) is 5.65. The summed E-state index contributed by atoms with van der Waals surface area (Å²) in [6, 6.07) is 7.90. The van der Waals surface area contributed by atoms with E-state index in [0.717, 1.165) is 9.35 Å². The molecule has 0 unspecified atom stereocenters. The number of aliphatic imine (C=N–C) groups is 1. The third-order valence-corrected chi connectivity index (χ3v) is 4.23. The number of nitrogens with zero attached hydrogens (tertiary/aromatic N) is 1. The van der Waals surface area contributed by atoms with Crippen molar-refractivity contribution in [1.29, 1.82) is 0 Å². The zero-order chi connectivity index (χ0) is 14.1. The number of ether oxygens (including phenoxy) is 1. The minimum absolute atomic E-state index is 0.00466. The molecule has 0 N–H and O–H groups in total. The summed E-state index contributed by atoms with van der Waals surface area (Å²) >= 11 is 4.80. The molecule has 0 aliphatic carbocycles. The van der Waals surface area contributed by atoms with Gasteiger partial charge in [0.15, 0.2) is 5.70 Å². The summed E-state index contributed by atoms with van der Waals surface area (Å²) in [5, 5.41) is 1.90. The number of thiophene rings is 1. The van der Waals surface area contributed by atoms with Gasteiger partial charge in [-0.15, -0.1) is 11.3 Å². The van der Waals surface area contributed by atoms with Crippen molar-refractivity contribution in [3.8, 4) is 0 Å². The highest BCUT2D eigenvalue weighted by Crippen LogP contribution is 2.25. The number of carbonyl (C=O) groups excluding carboxylic acids is 1. The number of benzene rings is 1. The quantitative estimate of drug-likeness (QED) is 0.606. The molecule has 1 aliphatic rings. The number of hydrogen-bond acceptors (Lipinski definition) is 4. The highest BCUT2D eigenvalue weighted by Gasteiger charge is 2.25. The molecule has 1 aliphatic heterocycles. The SMILES string of the molecule is O=C1OC(c2ccccc2F)=NC1=Cc1cc(Br)cs1. The van der Waals surface area contributed by atoms with E-state index in [1.54, 1.807) is 18.2 Å². The number of halogens is 2. The molecule has 2 aromatic rings. The van der Waals surface area contributed by atoms with Gasteiger partial charge in [0.25, 0.3) is 0 Å². The molecule has 1 aromatic heterocycles. The van der Waals surface area contributed by atoms with Crippen molar-refractivity contribution in [3.05, 3.63) is 62.1 Å². The van der Waals surface area contributed by atoms with Gasteiger partial charge >= 0.3 is 5.97 Å². The maximum Gasteiger partial charge on any atom is 0.363 e. The maximum atomic E-state index is 13.6. The second kappa shape index (κ2) is 5.30. The first kappa shape index (κ1) is 13.2. The minimum atomic E-state index is -0.576. The smallest absolute Gasteiger partial charge is 0.363 e. The van der Waals surface area contributed by atoms with Gasteiger partial charge in [0.05, 0.1) is 5.56 Å². The van der Waals surface area contributed by atoms with Crippen molar-refractivity contribution in [3.63, 3.8) is 0 Å². The third-order valence-electron chi connectivity index (χ3n) is 2.59. The summed E-state index contributed by atoms with van der Waals surface area (Å²) < 4.78 is 19.6. The topological polar surface area (TPSA) is 38.7 Å². The van der Waals surface area contributed by atoms with Gasteiger partial charge in [-0.05, 0) is 40.2 Å². The standard InChI is InChI=1S/C14H7BrFNO2S/c15-8-5-9(20-7-8)6-12-14(18)19-13(17-12)10-3-1-2-4-11(10)16/h1-7H. The van der Waals surface area contributed by atoms with Crippen LogP contribution < -0.4 is 0 Å². The summed E-state index contributed by atoms with van der Waals surface area (Å²) in [4.78, 5) is 16.7. The van der Waals surface area contributed by atoms with E-state index in [0.29, 0.717) is 0 Å². The zero-order valence-electron chi connectivity index (χ0n) is 9.97. The molecule has 0 bridgehead atoms. The highest BCUT2D eigenvalue weighted by molar-refractivity contribution is 9.10. The monoisotopic (exact) mass is 351 g/mol. The average Bonchev–Trinajstić information content (AvgIpc) is 2.98. The van der Waals surface area contributed by atoms with E-state index in [-0.39, 0.29) is 17.2 Å². The largest absolute Gasteiger partial charge is 0.402 e. The molecule has 0 atom stereocenters. The molecule has 0 saturated heterocycles. The molecule has 3 nitrogen and oxygen atoms in total. The van der Waals surface area contributed by atoms with Crippen molar-refractivity contribution >= 4 is 45.2 Å². The second-order valence-electron chi connectivity index (χ2n) is 3.98. The minimum Gasteiger partial charge on any atom is -0.402 e. The van der Waals surface area contributed by atoms with Gasteiger partial charge in [-0.2, -0.15) is 0 Å². The lowest BCUT2D eigenvalue weighted by atomic mass is 10.2. The van der Waals surface area contributed by atoms with E-state index in [4.69, 9.17) is 4.74 Å². The zero-order valence-corrected chi connectivity index (χ0v) is 12.4. The number of hydrogen-bond donors (Lipinski definition) is 0.